The van der Waals surface area contributed by atoms with Gasteiger partial charge in [0.15, 0.2) is 0 Å². The number of aromatic nitrogens is 2. The molecule has 2 rings (SSSR count). The first-order valence-corrected chi connectivity index (χ1v) is 4.65. The fourth-order valence-corrected chi connectivity index (χ4v) is 1.21. The fourth-order valence-electron chi connectivity index (χ4n) is 1.21. The largest absolute Gasteiger partial charge is 0.437 e. The zero-order chi connectivity index (χ0) is 12.1. The number of nitrogens with zero attached hydrogens (tertiary/aromatic N) is 4. The van der Waals surface area contributed by atoms with Gasteiger partial charge in [-0.15, -0.1) is 10.2 Å². The minimum atomic E-state index is 0.264. The van der Waals surface area contributed by atoms with Crippen LogP contribution in [0.2, 0.25) is 0 Å². The van der Waals surface area contributed by atoms with E-state index in [-0.39, 0.29) is 5.56 Å². The van der Waals surface area contributed by atoms with Gasteiger partial charge in [-0.3, -0.25) is 0 Å². The summed E-state index contributed by atoms with van der Waals surface area (Å²) in [5.74, 6) is 0.735. The van der Waals surface area contributed by atoms with E-state index in [1.165, 1.54) is 12.1 Å². The van der Waals surface area contributed by atoms with Crippen molar-refractivity contribution in [1.29, 1.82) is 10.5 Å². The van der Waals surface area contributed by atoms with Gasteiger partial charge in [-0.05, 0) is 24.3 Å². The first-order valence-electron chi connectivity index (χ1n) is 4.65. The van der Waals surface area contributed by atoms with Crippen LogP contribution in [0.5, 0.6) is 11.6 Å². The number of benzene rings is 1. The van der Waals surface area contributed by atoms with E-state index in [0.717, 1.165) is 0 Å². The quantitative estimate of drug-likeness (QED) is 0.772. The van der Waals surface area contributed by atoms with Gasteiger partial charge < -0.3 is 4.74 Å². The van der Waals surface area contributed by atoms with Gasteiger partial charge in [0.2, 0.25) is 5.88 Å². The van der Waals surface area contributed by atoms with Gasteiger partial charge >= 0.3 is 0 Å². The Morgan fingerprint density at radius 1 is 1.12 bits per heavy atom. The van der Waals surface area contributed by atoms with E-state index in [2.05, 4.69) is 16.4 Å². The minimum Gasteiger partial charge on any atom is -0.437 e. The molecule has 2 aromatic rings. The van der Waals surface area contributed by atoms with E-state index in [9.17, 15) is 0 Å². The molecule has 1 aromatic carbocycles. The average Bonchev–Trinajstić information content (AvgIpc) is 2.40. The second kappa shape index (κ2) is 4.73. The first-order chi connectivity index (χ1) is 8.33. The number of hydrogen-bond donors (Lipinski definition) is 0. The molecule has 0 aliphatic carbocycles. The summed E-state index contributed by atoms with van der Waals surface area (Å²) in [5.41, 5.74) is 0.577. The van der Waals surface area contributed by atoms with Crippen LogP contribution < -0.4 is 4.74 Å². The minimum absolute atomic E-state index is 0.264. The molecule has 0 bridgehead atoms. The molecule has 0 aliphatic rings. The normalized spacial score (nSPS) is 9.06. The molecule has 0 fully saturated rings. The van der Waals surface area contributed by atoms with Crippen LogP contribution >= 0.6 is 0 Å². The van der Waals surface area contributed by atoms with Gasteiger partial charge in [0.25, 0.3) is 0 Å². The van der Waals surface area contributed by atoms with E-state index < -0.39 is 0 Å². The van der Waals surface area contributed by atoms with Crippen LogP contribution in [-0.2, 0) is 0 Å². The Kier molecular flexibility index (Phi) is 2.95. The summed E-state index contributed by atoms with van der Waals surface area (Å²) in [6.07, 6.45) is 2.52. The Morgan fingerprint density at radius 3 is 2.59 bits per heavy atom. The lowest BCUT2D eigenvalue weighted by molar-refractivity contribution is 0.455. The molecule has 0 atom stereocenters. The molecule has 0 saturated heterocycles. The second-order valence-electron chi connectivity index (χ2n) is 3.03. The molecule has 17 heavy (non-hydrogen) atoms. The maximum Gasteiger partial charge on any atom is 0.238 e. The number of hydrogen-bond acceptors (Lipinski definition) is 5. The standard InChI is InChI=1S/C12H5N4O/c13-7-9-3-4-11(6-10(9)8-14)17-12-2-1-5-15-16-12/h1-4,6H. The predicted octanol–water partition coefficient (Wildman–Crippen LogP) is 1.81. The van der Waals surface area contributed by atoms with Crippen LogP contribution in [0.15, 0.2) is 30.3 Å². The third kappa shape index (κ3) is 2.36. The van der Waals surface area contributed by atoms with Crippen molar-refractivity contribution < 1.29 is 4.74 Å². The maximum absolute atomic E-state index is 8.85. The van der Waals surface area contributed by atoms with Crippen molar-refractivity contribution in [2.45, 2.75) is 0 Å². The van der Waals surface area contributed by atoms with Gasteiger partial charge in [-0.25, -0.2) is 0 Å². The van der Waals surface area contributed by atoms with E-state index in [0.29, 0.717) is 17.2 Å². The van der Waals surface area contributed by atoms with Gasteiger partial charge in [0.1, 0.15) is 24.1 Å². The van der Waals surface area contributed by atoms with Crippen LogP contribution in [0.3, 0.4) is 0 Å². The number of nitriles is 2. The smallest absolute Gasteiger partial charge is 0.238 e. The van der Waals surface area contributed by atoms with Crippen molar-refractivity contribution in [1.82, 2.24) is 10.2 Å². The maximum atomic E-state index is 8.85. The van der Waals surface area contributed by atoms with E-state index >= 15 is 0 Å². The third-order valence-electron chi connectivity index (χ3n) is 1.96. The summed E-state index contributed by atoms with van der Waals surface area (Å²) in [6.45, 7) is 0. The molecule has 79 valence electrons. The molecule has 1 heterocycles. The van der Waals surface area contributed by atoms with Crippen molar-refractivity contribution in [2.24, 2.45) is 0 Å². The summed E-state index contributed by atoms with van der Waals surface area (Å²) in [5, 5.41) is 24.8. The average molecular weight is 221 g/mol. The zero-order valence-corrected chi connectivity index (χ0v) is 8.58. The zero-order valence-electron chi connectivity index (χ0n) is 8.58. The Hall–Kier alpha value is -2.92. The molecule has 5 nitrogen and oxygen atoms in total. The fraction of sp³-hybridized carbons (Fsp3) is 0. The SMILES string of the molecule is N#Cc1ccc(Oc2cc[c]nn2)cc1C#N. The van der Waals surface area contributed by atoms with Crippen molar-refractivity contribution in [3.63, 3.8) is 0 Å². The highest BCUT2D eigenvalue weighted by Gasteiger charge is 2.04. The molecule has 0 saturated carbocycles. The molecule has 5 heteroatoms. The van der Waals surface area contributed by atoms with Gasteiger partial charge in [0.05, 0.1) is 11.1 Å². The van der Waals surface area contributed by atoms with Crippen LogP contribution in [0.1, 0.15) is 11.1 Å². The molecule has 0 N–H and O–H groups in total. The van der Waals surface area contributed by atoms with Gasteiger partial charge in [-0.2, -0.15) is 10.5 Å². The Morgan fingerprint density at radius 2 is 1.94 bits per heavy atom. The summed E-state index contributed by atoms with van der Waals surface area (Å²) in [4.78, 5) is 0. The highest BCUT2D eigenvalue weighted by molar-refractivity contribution is 5.49. The summed E-state index contributed by atoms with van der Waals surface area (Å²) < 4.78 is 5.37. The summed E-state index contributed by atoms with van der Waals surface area (Å²) in [6, 6.07) is 11.6. The second-order valence-corrected chi connectivity index (χ2v) is 3.03. The molecule has 0 unspecified atom stereocenters. The lowest BCUT2D eigenvalue weighted by Gasteiger charge is -2.03. The molecule has 0 spiro atoms. The summed E-state index contributed by atoms with van der Waals surface area (Å²) in [7, 11) is 0. The molecule has 0 aliphatic heterocycles. The molecular formula is C12H5N4O. The highest BCUT2D eigenvalue weighted by Crippen LogP contribution is 2.21. The molecular weight excluding hydrogens is 216 g/mol. The van der Waals surface area contributed by atoms with Crippen LogP contribution in [0.25, 0.3) is 0 Å². The molecule has 0 amide bonds. The Balaban J connectivity index is 2.30. The lowest BCUT2D eigenvalue weighted by atomic mass is 10.1. The Bertz CT molecular complexity index is 611. The van der Waals surface area contributed by atoms with Crippen LogP contribution in [0.4, 0.5) is 0 Å². The van der Waals surface area contributed by atoms with Gasteiger partial charge in [-0.1, -0.05) is 0 Å². The van der Waals surface area contributed by atoms with E-state index in [1.807, 2.05) is 12.1 Å². The topological polar surface area (TPSA) is 82.6 Å². The summed E-state index contributed by atoms with van der Waals surface area (Å²) >= 11 is 0. The van der Waals surface area contributed by atoms with Crippen LogP contribution in [0, 0.1) is 28.9 Å². The lowest BCUT2D eigenvalue weighted by Crippen LogP contribution is -1.91. The highest BCUT2D eigenvalue weighted by atomic mass is 16.5. The van der Waals surface area contributed by atoms with Crippen molar-refractivity contribution in [3.05, 3.63) is 47.7 Å². The molecule has 1 radical (unpaired) electrons. The predicted molar refractivity (Wildman–Crippen MR) is 56.8 cm³/mol. The number of rotatable bonds is 2. The first kappa shape index (κ1) is 10.6. The number of ether oxygens (including phenoxy) is 1. The molecule has 1 aromatic heterocycles. The monoisotopic (exact) mass is 221 g/mol. The third-order valence-corrected chi connectivity index (χ3v) is 1.96. The van der Waals surface area contributed by atoms with Crippen molar-refractivity contribution >= 4 is 0 Å². The van der Waals surface area contributed by atoms with Gasteiger partial charge in [0, 0.05) is 6.07 Å². The van der Waals surface area contributed by atoms with E-state index in [4.69, 9.17) is 15.3 Å². The Labute approximate surface area is 97.5 Å². The van der Waals surface area contributed by atoms with Crippen molar-refractivity contribution in [3.8, 4) is 23.8 Å². The van der Waals surface area contributed by atoms with Crippen molar-refractivity contribution in [2.75, 3.05) is 0 Å². The van der Waals surface area contributed by atoms with Crippen LogP contribution in [-0.4, -0.2) is 10.2 Å². The van der Waals surface area contributed by atoms with E-state index in [1.54, 1.807) is 18.2 Å².